The Hall–Kier alpha value is -1.70. The van der Waals surface area contributed by atoms with Crippen LogP contribution in [-0.2, 0) is 21.0 Å². The number of sulfonamides is 1. The van der Waals surface area contributed by atoms with Gasteiger partial charge in [-0.3, -0.25) is 4.79 Å². The molecule has 0 saturated heterocycles. The van der Waals surface area contributed by atoms with Gasteiger partial charge in [-0.25, -0.2) is 4.21 Å². The average molecular weight is 342 g/mol. The quantitative estimate of drug-likeness (QED) is 0.839. The van der Waals surface area contributed by atoms with Crippen LogP contribution >= 0.6 is 11.6 Å². The standard InChI is InChI=1S/C13H8ClNO4S2/c14-10-7-4-8-11-12(10)13(16)15(21(11,18)19)20(17)9-5-2-1-3-6-9/h1-8H. The summed E-state index contributed by atoms with van der Waals surface area (Å²) in [5.74, 6) is -0.877. The number of amides is 1. The summed E-state index contributed by atoms with van der Waals surface area (Å²) in [4.78, 5) is 12.3. The lowest BCUT2D eigenvalue weighted by Crippen LogP contribution is -2.32. The predicted octanol–water partition coefficient (Wildman–Crippen LogP) is 2.21. The molecule has 3 rings (SSSR count). The Morgan fingerprint density at radius 3 is 2.29 bits per heavy atom. The number of hydrogen-bond donors (Lipinski definition) is 0. The van der Waals surface area contributed by atoms with Gasteiger partial charge in [0.05, 0.1) is 15.5 Å². The Bertz CT molecular complexity index is 865. The van der Waals surface area contributed by atoms with Gasteiger partial charge in [0.25, 0.3) is 15.9 Å². The molecule has 1 aliphatic rings. The Morgan fingerprint density at radius 2 is 1.67 bits per heavy atom. The minimum absolute atomic E-state index is 0.0219. The van der Waals surface area contributed by atoms with Crippen LogP contribution in [0, 0.1) is 0 Å². The zero-order chi connectivity index (χ0) is 15.2. The van der Waals surface area contributed by atoms with E-state index < -0.39 is 26.9 Å². The van der Waals surface area contributed by atoms with E-state index in [1.807, 2.05) is 0 Å². The van der Waals surface area contributed by atoms with Crippen molar-refractivity contribution >= 4 is 38.5 Å². The molecule has 0 bridgehead atoms. The third kappa shape index (κ3) is 2.08. The van der Waals surface area contributed by atoms with Crippen LogP contribution in [-0.4, -0.2) is 22.2 Å². The molecule has 0 fully saturated rings. The second kappa shape index (κ2) is 4.94. The summed E-state index contributed by atoms with van der Waals surface area (Å²) >= 11 is 5.90. The summed E-state index contributed by atoms with van der Waals surface area (Å²) in [6.07, 6.45) is 0. The van der Waals surface area contributed by atoms with E-state index in [0.717, 1.165) is 0 Å². The summed E-state index contributed by atoms with van der Waals surface area (Å²) in [6.45, 7) is 0. The van der Waals surface area contributed by atoms with E-state index in [2.05, 4.69) is 0 Å². The molecule has 21 heavy (non-hydrogen) atoms. The number of carbonyl (C=O) groups excluding carboxylic acids is 1. The van der Waals surface area contributed by atoms with Crippen molar-refractivity contribution in [3.63, 3.8) is 0 Å². The monoisotopic (exact) mass is 341 g/mol. The van der Waals surface area contributed by atoms with Gasteiger partial charge in [0.2, 0.25) is 0 Å². The summed E-state index contributed by atoms with van der Waals surface area (Å²) in [5.41, 5.74) is -0.136. The fraction of sp³-hybridized carbons (Fsp3) is 0. The second-order valence-electron chi connectivity index (χ2n) is 4.21. The Morgan fingerprint density at radius 1 is 1.00 bits per heavy atom. The number of nitrogens with zero attached hydrogens (tertiary/aromatic N) is 1. The van der Waals surface area contributed by atoms with Crippen molar-refractivity contribution in [3.8, 4) is 0 Å². The lowest BCUT2D eigenvalue weighted by molar-refractivity contribution is 0.0931. The van der Waals surface area contributed by atoms with Crippen LogP contribution in [0.4, 0.5) is 0 Å². The van der Waals surface area contributed by atoms with E-state index >= 15 is 0 Å². The largest absolute Gasteiger partial charge is 0.283 e. The highest BCUT2D eigenvalue weighted by Crippen LogP contribution is 2.36. The molecule has 0 aromatic heterocycles. The molecule has 0 radical (unpaired) electrons. The minimum Gasteiger partial charge on any atom is -0.267 e. The van der Waals surface area contributed by atoms with Crippen molar-refractivity contribution in [2.45, 2.75) is 9.79 Å². The minimum atomic E-state index is -4.17. The van der Waals surface area contributed by atoms with Crippen LogP contribution in [0.3, 0.4) is 0 Å². The maximum absolute atomic E-state index is 12.4. The van der Waals surface area contributed by atoms with E-state index in [-0.39, 0.29) is 20.4 Å². The molecule has 8 heteroatoms. The van der Waals surface area contributed by atoms with Gasteiger partial charge >= 0.3 is 0 Å². The number of hydrogen-bond acceptors (Lipinski definition) is 4. The highest BCUT2D eigenvalue weighted by Gasteiger charge is 2.46. The molecule has 0 aliphatic carbocycles. The Balaban J connectivity index is 2.18. The zero-order valence-corrected chi connectivity index (χ0v) is 12.8. The first-order valence-electron chi connectivity index (χ1n) is 5.79. The molecular weight excluding hydrogens is 334 g/mol. The van der Waals surface area contributed by atoms with Crippen molar-refractivity contribution in [3.05, 3.63) is 59.1 Å². The van der Waals surface area contributed by atoms with Gasteiger partial charge in [0.1, 0.15) is 4.90 Å². The molecule has 108 valence electrons. The molecular formula is C13H8ClNO4S2. The first-order valence-corrected chi connectivity index (χ1v) is 8.72. The second-order valence-corrected chi connectivity index (χ2v) is 7.94. The summed E-state index contributed by atoms with van der Waals surface area (Å²) in [7, 11) is -6.32. The number of benzene rings is 2. The van der Waals surface area contributed by atoms with Crippen LogP contribution in [0.1, 0.15) is 10.4 Å². The molecule has 5 nitrogen and oxygen atoms in total. The van der Waals surface area contributed by atoms with Crippen molar-refractivity contribution in [1.29, 1.82) is 0 Å². The fourth-order valence-corrected chi connectivity index (χ4v) is 5.55. The SMILES string of the molecule is O=C1c2c(Cl)cccc2S(=O)(=O)N1S(=O)c1ccccc1. The lowest BCUT2D eigenvalue weighted by Gasteiger charge is -2.13. The normalized spacial score (nSPS) is 17.6. The molecule has 0 saturated carbocycles. The predicted molar refractivity (Wildman–Crippen MR) is 77.7 cm³/mol. The van der Waals surface area contributed by atoms with Gasteiger partial charge in [0.15, 0.2) is 11.0 Å². The third-order valence-corrected chi connectivity index (χ3v) is 6.90. The Kier molecular flexibility index (Phi) is 3.35. The van der Waals surface area contributed by atoms with Crippen molar-refractivity contribution in [2.75, 3.05) is 0 Å². The molecule has 2 aromatic rings. The van der Waals surface area contributed by atoms with Crippen LogP contribution in [0.15, 0.2) is 58.3 Å². The van der Waals surface area contributed by atoms with E-state index in [1.165, 1.54) is 30.3 Å². The topological polar surface area (TPSA) is 71.5 Å². The van der Waals surface area contributed by atoms with Crippen molar-refractivity contribution in [2.24, 2.45) is 0 Å². The lowest BCUT2D eigenvalue weighted by atomic mass is 10.2. The highest BCUT2D eigenvalue weighted by molar-refractivity contribution is 8.02. The molecule has 1 unspecified atom stereocenters. The van der Waals surface area contributed by atoms with Gasteiger partial charge in [-0.05, 0) is 24.3 Å². The van der Waals surface area contributed by atoms with Gasteiger partial charge in [-0.2, -0.15) is 8.42 Å². The van der Waals surface area contributed by atoms with Crippen LogP contribution < -0.4 is 0 Å². The first-order chi connectivity index (χ1) is 9.94. The van der Waals surface area contributed by atoms with Crippen molar-refractivity contribution < 1.29 is 17.4 Å². The number of carbonyl (C=O) groups is 1. The number of rotatable bonds is 2. The molecule has 1 amide bonds. The zero-order valence-electron chi connectivity index (χ0n) is 10.4. The van der Waals surface area contributed by atoms with E-state index in [9.17, 15) is 17.4 Å². The van der Waals surface area contributed by atoms with Gasteiger partial charge in [-0.1, -0.05) is 35.9 Å². The van der Waals surface area contributed by atoms with E-state index in [0.29, 0.717) is 3.71 Å². The smallest absolute Gasteiger partial charge is 0.267 e. The molecule has 2 aromatic carbocycles. The summed E-state index contributed by atoms with van der Waals surface area (Å²) in [6, 6.07) is 12.0. The fourth-order valence-electron chi connectivity index (χ4n) is 2.01. The van der Waals surface area contributed by atoms with Gasteiger partial charge in [-0.15, -0.1) is 3.71 Å². The maximum Gasteiger partial charge on any atom is 0.283 e. The first kappa shape index (κ1) is 14.2. The van der Waals surface area contributed by atoms with Gasteiger partial charge < -0.3 is 0 Å². The summed E-state index contributed by atoms with van der Waals surface area (Å²) < 4.78 is 37.7. The molecule has 1 aliphatic heterocycles. The van der Waals surface area contributed by atoms with Crippen LogP contribution in [0.25, 0.3) is 0 Å². The Labute approximate surface area is 128 Å². The molecule has 1 heterocycles. The van der Waals surface area contributed by atoms with Crippen LogP contribution in [0.2, 0.25) is 5.02 Å². The highest BCUT2D eigenvalue weighted by atomic mass is 35.5. The average Bonchev–Trinajstić information content (AvgIpc) is 2.67. The van der Waals surface area contributed by atoms with Crippen LogP contribution in [0.5, 0.6) is 0 Å². The van der Waals surface area contributed by atoms with Gasteiger partial charge in [0, 0.05) is 0 Å². The summed E-state index contributed by atoms with van der Waals surface area (Å²) in [5, 5.41) is 0.0219. The number of fused-ring (bicyclic) bond motifs is 1. The number of halogens is 1. The molecule has 1 atom stereocenters. The molecule has 0 N–H and O–H groups in total. The van der Waals surface area contributed by atoms with E-state index in [4.69, 9.17) is 11.6 Å². The molecule has 0 spiro atoms. The van der Waals surface area contributed by atoms with E-state index in [1.54, 1.807) is 18.2 Å². The van der Waals surface area contributed by atoms with Crippen molar-refractivity contribution in [1.82, 2.24) is 3.71 Å². The maximum atomic E-state index is 12.4. The third-order valence-electron chi connectivity index (χ3n) is 2.95.